The van der Waals surface area contributed by atoms with E-state index in [1.165, 1.54) is 95.0 Å². The normalized spacial score (nSPS) is 22.3. The van der Waals surface area contributed by atoms with Crippen LogP contribution in [0.5, 0.6) is 0 Å². The Morgan fingerprint density at radius 3 is 2.27 bits per heavy atom. The van der Waals surface area contributed by atoms with Gasteiger partial charge in [0.15, 0.2) is 0 Å². The fourth-order valence-electron chi connectivity index (χ4n) is 13.2. The molecule has 0 fully saturated rings. The van der Waals surface area contributed by atoms with Gasteiger partial charge in [-0.25, -0.2) is 0 Å². The fraction of sp³-hybridized carbons (Fsp3) is 0.188. The van der Waals surface area contributed by atoms with Crippen LogP contribution < -0.4 is 14.7 Å². The Hall–Kier alpha value is -8.08. The molecule has 0 radical (unpaired) electrons. The molecule has 5 unspecified atom stereocenters. The number of benzene rings is 6. The zero-order valence-corrected chi connectivity index (χ0v) is 41.3. The van der Waals surface area contributed by atoms with Crippen molar-refractivity contribution in [3.63, 3.8) is 0 Å². The molecule has 0 amide bonds. The highest BCUT2D eigenvalue weighted by Gasteiger charge is 2.34. The highest BCUT2D eigenvalue weighted by molar-refractivity contribution is 5.98. The average Bonchev–Trinajstić information content (AvgIpc) is 3.63. The molecule has 2 bridgehead atoms. The Kier molecular flexibility index (Phi) is 11.1. The lowest BCUT2D eigenvalue weighted by Gasteiger charge is -2.40. The van der Waals surface area contributed by atoms with Gasteiger partial charge < -0.3 is 19.3 Å². The molecule has 6 aliphatic carbocycles. The van der Waals surface area contributed by atoms with Crippen LogP contribution in [0.15, 0.2) is 230 Å². The molecular weight excluding hydrogens is 885 g/mol. The molecule has 2 heterocycles. The van der Waals surface area contributed by atoms with E-state index in [2.05, 4.69) is 256 Å². The monoisotopic (exact) mass is 944 g/mol. The number of hydrogen-bond donors (Lipinski definition) is 0. The van der Waals surface area contributed by atoms with Crippen molar-refractivity contribution in [2.75, 3.05) is 14.7 Å². The molecule has 1 aliphatic heterocycles. The van der Waals surface area contributed by atoms with Gasteiger partial charge in [0.05, 0.1) is 23.6 Å². The Bertz CT molecular complexity index is 3630. The summed E-state index contributed by atoms with van der Waals surface area (Å²) in [5.41, 5.74) is 18.3. The SMILES string of the molecule is C1=CC2=CC(C=C1)N(c1ccccc1)c1ccc(N(c3cccc4ccccc34)C3C=CC(C4C=CC(N(c5cccc6c5CCC=C6)C5C=Cc6c(c7ccccc7n6C6=CCCC=C6)C5)=CC4)CC3)cc12. The molecular formula is C69H60N4. The van der Waals surface area contributed by atoms with Gasteiger partial charge in [0, 0.05) is 61.9 Å². The third-order valence-corrected chi connectivity index (χ3v) is 16.7. The Balaban J connectivity index is 0.782. The molecule has 73 heavy (non-hydrogen) atoms. The van der Waals surface area contributed by atoms with E-state index in [9.17, 15) is 0 Å². The fourth-order valence-corrected chi connectivity index (χ4v) is 13.2. The number of nitrogens with zero attached hydrogens (tertiary/aromatic N) is 4. The summed E-state index contributed by atoms with van der Waals surface area (Å²) in [4.78, 5) is 7.82. The minimum absolute atomic E-state index is 0.149. The largest absolute Gasteiger partial charge is 0.334 e. The van der Waals surface area contributed by atoms with Gasteiger partial charge in [0.1, 0.15) is 0 Å². The first kappa shape index (κ1) is 43.7. The van der Waals surface area contributed by atoms with Crippen LogP contribution in [-0.2, 0) is 12.8 Å². The van der Waals surface area contributed by atoms with Gasteiger partial charge in [-0.1, -0.05) is 164 Å². The predicted octanol–water partition coefficient (Wildman–Crippen LogP) is 17.1. The van der Waals surface area contributed by atoms with Crippen LogP contribution in [0.25, 0.3) is 45.1 Å². The van der Waals surface area contributed by atoms with Crippen LogP contribution in [0.4, 0.5) is 28.4 Å². The molecule has 4 nitrogen and oxygen atoms in total. The molecule has 6 aromatic carbocycles. The second-order valence-corrected chi connectivity index (χ2v) is 20.8. The first-order valence-electron chi connectivity index (χ1n) is 26.9. The summed E-state index contributed by atoms with van der Waals surface area (Å²) in [5, 5.41) is 3.91. The van der Waals surface area contributed by atoms with Crippen molar-refractivity contribution in [3.8, 4) is 0 Å². The first-order valence-corrected chi connectivity index (χ1v) is 26.9. The molecule has 0 spiro atoms. The van der Waals surface area contributed by atoms with Crippen molar-refractivity contribution in [1.82, 2.24) is 4.57 Å². The highest BCUT2D eigenvalue weighted by atomic mass is 15.2. The minimum Gasteiger partial charge on any atom is -0.334 e. The lowest BCUT2D eigenvalue weighted by atomic mass is 9.79. The molecule has 7 aromatic rings. The van der Waals surface area contributed by atoms with Gasteiger partial charge in [-0.15, -0.1) is 0 Å². The summed E-state index contributed by atoms with van der Waals surface area (Å²) in [6.07, 6.45) is 49.3. The quantitative estimate of drug-likeness (QED) is 0.134. The number of fused-ring (bicyclic) bond motifs is 8. The Labute approximate surface area is 430 Å². The molecule has 14 rings (SSSR count). The van der Waals surface area contributed by atoms with Gasteiger partial charge in [-0.2, -0.15) is 0 Å². The molecule has 0 saturated heterocycles. The second-order valence-electron chi connectivity index (χ2n) is 20.8. The van der Waals surface area contributed by atoms with Crippen LogP contribution in [0.2, 0.25) is 0 Å². The molecule has 4 heteroatoms. The molecule has 0 N–H and O–H groups in total. The second kappa shape index (κ2) is 18.5. The van der Waals surface area contributed by atoms with E-state index in [0.717, 1.165) is 51.4 Å². The summed E-state index contributed by atoms with van der Waals surface area (Å²) >= 11 is 0. The van der Waals surface area contributed by atoms with E-state index in [0.29, 0.717) is 11.8 Å². The van der Waals surface area contributed by atoms with Crippen molar-refractivity contribution >= 4 is 73.5 Å². The van der Waals surface area contributed by atoms with Gasteiger partial charge in [0.2, 0.25) is 0 Å². The maximum atomic E-state index is 2.69. The van der Waals surface area contributed by atoms with Gasteiger partial charge in [-0.3, -0.25) is 0 Å². The van der Waals surface area contributed by atoms with Crippen molar-refractivity contribution < 1.29 is 0 Å². The van der Waals surface area contributed by atoms with Crippen LogP contribution in [-0.4, -0.2) is 22.7 Å². The number of aromatic nitrogens is 1. The third kappa shape index (κ3) is 7.74. The maximum absolute atomic E-state index is 2.69. The van der Waals surface area contributed by atoms with Crippen molar-refractivity contribution in [2.45, 2.75) is 69.5 Å². The highest BCUT2D eigenvalue weighted by Crippen LogP contribution is 2.47. The number of anilines is 5. The molecule has 5 atom stereocenters. The molecule has 356 valence electrons. The summed E-state index contributed by atoms with van der Waals surface area (Å²) in [6, 6.07) is 50.3. The van der Waals surface area contributed by atoms with Gasteiger partial charge in [-0.05, 0) is 164 Å². The Morgan fingerprint density at radius 1 is 0.548 bits per heavy atom. The standard InChI is InChI=1S/C69H60N4/c1-3-22-53(23-4-1)70-57-26-10-7-19-52(45-57)63-46-58(41-43-68(63)70)71(65-31-15-20-50-17-8-11-27-60(50)65)55-37-33-48(34-38-55)49-35-39-56(40-36-49)72(66-32-16-21-51-18-9-12-28-61(51)66)59-42-44-69-64(47-59)62-29-13-14-30-67(62)73(69)54-24-5-2-6-25-54/h1,3-5,7-11,13-27,29-33,35,37,39-46,48-49,55,57,59H,2,6,12,28,34,36,38,47H2. The van der Waals surface area contributed by atoms with E-state index < -0.39 is 0 Å². The number of hydrogen-bond acceptors (Lipinski definition) is 3. The average molecular weight is 945 g/mol. The number of rotatable bonds is 9. The molecule has 0 saturated carbocycles. The van der Waals surface area contributed by atoms with Crippen molar-refractivity contribution in [1.29, 1.82) is 0 Å². The number of para-hydroxylation sites is 2. The number of allylic oxidation sites excluding steroid dienone is 13. The molecule has 1 aromatic heterocycles. The van der Waals surface area contributed by atoms with Crippen LogP contribution in [0.3, 0.4) is 0 Å². The maximum Gasteiger partial charge on any atom is 0.0718 e. The zero-order chi connectivity index (χ0) is 48.2. The minimum atomic E-state index is 0.149. The smallest absolute Gasteiger partial charge is 0.0718 e. The lowest BCUT2D eigenvalue weighted by Crippen LogP contribution is -2.37. The van der Waals surface area contributed by atoms with Crippen LogP contribution in [0.1, 0.15) is 66.5 Å². The summed E-state index contributed by atoms with van der Waals surface area (Å²) in [5.74, 6) is 0.899. The Morgan fingerprint density at radius 2 is 1.40 bits per heavy atom. The van der Waals surface area contributed by atoms with Gasteiger partial charge in [0.25, 0.3) is 0 Å². The van der Waals surface area contributed by atoms with Crippen molar-refractivity contribution in [2.24, 2.45) is 11.8 Å². The van der Waals surface area contributed by atoms with E-state index >= 15 is 0 Å². The summed E-state index contributed by atoms with van der Waals surface area (Å²) in [6.45, 7) is 0. The first-order chi connectivity index (χ1) is 36.2. The van der Waals surface area contributed by atoms with Crippen LogP contribution >= 0.6 is 0 Å². The van der Waals surface area contributed by atoms with E-state index in [4.69, 9.17) is 0 Å². The predicted molar refractivity (Wildman–Crippen MR) is 310 cm³/mol. The topological polar surface area (TPSA) is 14.7 Å². The van der Waals surface area contributed by atoms with Crippen LogP contribution in [0, 0.1) is 11.8 Å². The zero-order valence-electron chi connectivity index (χ0n) is 41.3. The molecule has 7 aliphatic rings. The summed E-state index contributed by atoms with van der Waals surface area (Å²) < 4.78 is 2.51. The summed E-state index contributed by atoms with van der Waals surface area (Å²) in [7, 11) is 0. The van der Waals surface area contributed by atoms with E-state index in [1.54, 1.807) is 0 Å². The van der Waals surface area contributed by atoms with E-state index in [-0.39, 0.29) is 18.1 Å². The van der Waals surface area contributed by atoms with Gasteiger partial charge >= 0.3 is 0 Å². The van der Waals surface area contributed by atoms with Crippen molar-refractivity contribution in [3.05, 3.63) is 258 Å². The lowest BCUT2D eigenvalue weighted by molar-refractivity contribution is 0.405. The third-order valence-electron chi connectivity index (χ3n) is 16.7. The van der Waals surface area contributed by atoms with E-state index in [1.807, 2.05) is 0 Å².